The second kappa shape index (κ2) is 5.83. The third-order valence-electron chi connectivity index (χ3n) is 3.60. The molecule has 0 atom stereocenters. The Bertz CT molecular complexity index is 898. The summed E-state index contributed by atoms with van der Waals surface area (Å²) < 4.78 is 3.38. The van der Waals surface area contributed by atoms with Crippen LogP contribution in [0, 0.1) is 0 Å². The fourth-order valence-electron chi connectivity index (χ4n) is 2.44. The topological polar surface area (TPSA) is 52.7 Å². The molecule has 5 heteroatoms. The third kappa shape index (κ3) is 3.08. The van der Waals surface area contributed by atoms with E-state index in [0.717, 1.165) is 5.56 Å². The maximum Gasteiger partial charge on any atom is 0.264 e. The van der Waals surface area contributed by atoms with Gasteiger partial charge in [0.2, 0.25) is 0 Å². The standard InChI is InChI=1S/C18H20N4O/c1-18(2,3)22-16-15(12-20-22)17(23)21(13-19-16)11-7-10-14-8-5-4-6-9-14/h4-10,12-13H,11H2,1-3H3. The van der Waals surface area contributed by atoms with Crippen LogP contribution in [-0.4, -0.2) is 19.3 Å². The fraction of sp³-hybridized carbons (Fsp3) is 0.278. The van der Waals surface area contributed by atoms with E-state index < -0.39 is 0 Å². The van der Waals surface area contributed by atoms with Crippen molar-refractivity contribution in [3.8, 4) is 0 Å². The molecular weight excluding hydrogens is 288 g/mol. The lowest BCUT2D eigenvalue weighted by atomic mass is 10.1. The van der Waals surface area contributed by atoms with E-state index >= 15 is 0 Å². The van der Waals surface area contributed by atoms with Crippen LogP contribution in [-0.2, 0) is 12.1 Å². The molecule has 1 aromatic carbocycles. The van der Waals surface area contributed by atoms with E-state index in [0.29, 0.717) is 17.6 Å². The summed E-state index contributed by atoms with van der Waals surface area (Å²) >= 11 is 0. The Balaban J connectivity index is 1.90. The van der Waals surface area contributed by atoms with Crippen molar-refractivity contribution < 1.29 is 0 Å². The maximum absolute atomic E-state index is 12.5. The highest BCUT2D eigenvalue weighted by molar-refractivity contribution is 5.73. The molecule has 0 saturated carbocycles. The number of fused-ring (bicyclic) bond motifs is 1. The normalized spacial score (nSPS) is 12.3. The first-order chi connectivity index (χ1) is 11.0. The Hall–Kier alpha value is -2.69. The van der Waals surface area contributed by atoms with Crippen LogP contribution in [0.4, 0.5) is 0 Å². The number of hydrogen-bond donors (Lipinski definition) is 0. The summed E-state index contributed by atoms with van der Waals surface area (Å²) in [7, 11) is 0. The number of allylic oxidation sites excluding steroid dienone is 1. The SMILES string of the molecule is CC(C)(C)n1ncc2c(=O)n(CC=Cc3ccccc3)cnc21. The van der Waals surface area contributed by atoms with Crippen molar-refractivity contribution in [3.63, 3.8) is 0 Å². The predicted octanol–water partition coefficient (Wildman–Crippen LogP) is 3.06. The fourth-order valence-corrected chi connectivity index (χ4v) is 2.44. The summed E-state index contributed by atoms with van der Waals surface area (Å²) in [6.45, 7) is 6.59. The van der Waals surface area contributed by atoms with Crippen LogP contribution in [0.2, 0.25) is 0 Å². The van der Waals surface area contributed by atoms with Crippen molar-refractivity contribution in [2.45, 2.75) is 32.9 Å². The van der Waals surface area contributed by atoms with Gasteiger partial charge in [-0.1, -0.05) is 42.5 Å². The van der Waals surface area contributed by atoms with E-state index in [-0.39, 0.29) is 11.1 Å². The summed E-state index contributed by atoms with van der Waals surface area (Å²) in [5.74, 6) is 0. The van der Waals surface area contributed by atoms with Gasteiger partial charge < -0.3 is 0 Å². The maximum atomic E-state index is 12.5. The minimum atomic E-state index is -0.208. The van der Waals surface area contributed by atoms with Crippen molar-refractivity contribution in [2.75, 3.05) is 0 Å². The minimum absolute atomic E-state index is 0.0665. The highest BCUT2D eigenvalue weighted by Gasteiger charge is 2.19. The number of aromatic nitrogens is 4. The average Bonchev–Trinajstić information content (AvgIpc) is 2.95. The van der Waals surface area contributed by atoms with E-state index in [4.69, 9.17) is 0 Å². The van der Waals surface area contributed by atoms with Gasteiger partial charge in [-0.3, -0.25) is 9.36 Å². The van der Waals surface area contributed by atoms with Gasteiger partial charge in [-0.2, -0.15) is 5.10 Å². The number of benzene rings is 1. The average molecular weight is 308 g/mol. The lowest BCUT2D eigenvalue weighted by molar-refractivity contribution is 0.365. The molecule has 3 rings (SSSR count). The zero-order valence-corrected chi connectivity index (χ0v) is 13.6. The molecule has 0 radical (unpaired) electrons. The molecule has 2 heterocycles. The molecule has 0 aliphatic rings. The first-order valence-corrected chi connectivity index (χ1v) is 7.62. The lowest BCUT2D eigenvalue weighted by Gasteiger charge is -2.19. The van der Waals surface area contributed by atoms with Crippen molar-refractivity contribution in [1.29, 1.82) is 0 Å². The smallest absolute Gasteiger partial charge is 0.264 e. The van der Waals surface area contributed by atoms with Crippen molar-refractivity contribution in [3.05, 3.63) is 64.8 Å². The molecule has 118 valence electrons. The second-order valence-corrected chi connectivity index (χ2v) is 6.48. The van der Waals surface area contributed by atoms with Gasteiger partial charge in [-0.05, 0) is 26.3 Å². The molecule has 0 spiro atoms. The molecule has 23 heavy (non-hydrogen) atoms. The highest BCUT2D eigenvalue weighted by Crippen LogP contribution is 2.17. The summed E-state index contributed by atoms with van der Waals surface area (Å²) in [6.07, 6.45) is 7.14. The van der Waals surface area contributed by atoms with Crippen LogP contribution < -0.4 is 5.56 Å². The molecule has 0 aliphatic carbocycles. The van der Waals surface area contributed by atoms with Crippen LogP contribution >= 0.6 is 0 Å². The largest absolute Gasteiger partial charge is 0.295 e. The van der Waals surface area contributed by atoms with Gasteiger partial charge in [0.05, 0.1) is 11.7 Å². The molecule has 0 unspecified atom stereocenters. The van der Waals surface area contributed by atoms with Gasteiger partial charge in [0.25, 0.3) is 5.56 Å². The van der Waals surface area contributed by atoms with Gasteiger partial charge in [0.1, 0.15) is 11.7 Å². The van der Waals surface area contributed by atoms with Crippen LogP contribution in [0.5, 0.6) is 0 Å². The van der Waals surface area contributed by atoms with Gasteiger partial charge in [-0.25, -0.2) is 9.67 Å². The molecule has 5 nitrogen and oxygen atoms in total. The van der Waals surface area contributed by atoms with Gasteiger partial charge >= 0.3 is 0 Å². The van der Waals surface area contributed by atoms with E-state index in [9.17, 15) is 4.79 Å². The number of rotatable bonds is 3. The van der Waals surface area contributed by atoms with E-state index in [1.165, 1.54) is 0 Å². The van der Waals surface area contributed by atoms with Crippen molar-refractivity contribution in [2.24, 2.45) is 0 Å². The molecule has 0 N–H and O–H groups in total. The number of nitrogens with zero attached hydrogens (tertiary/aromatic N) is 4. The third-order valence-corrected chi connectivity index (χ3v) is 3.60. The summed E-state index contributed by atoms with van der Waals surface area (Å²) in [5, 5.41) is 4.87. The van der Waals surface area contributed by atoms with Crippen LogP contribution in [0.1, 0.15) is 26.3 Å². The Labute approximate surface area is 134 Å². The van der Waals surface area contributed by atoms with Crippen LogP contribution in [0.15, 0.2) is 53.7 Å². The molecule has 2 aromatic heterocycles. The first kappa shape index (κ1) is 15.2. The first-order valence-electron chi connectivity index (χ1n) is 7.62. The van der Waals surface area contributed by atoms with Crippen LogP contribution in [0.3, 0.4) is 0 Å². The Kier molecular flexibility index (Phi) is 3.86. The minimum Gasteiger partial charge on any atom is -0.295 e. The molecule has 0 fully saturated rings. The Morgan fingerprint density at radius 1 is 1.17 bits per heavy atom. The molecular formula is C18H20N4O. The number of hydrogen-bond acceptors (Lipinski definition) is 3. The Morgan fingerprint density at radius 3 is 2.61 bits per heavy atom. The zero-order chi connectivity index (χ0) is 16.4. The Morgan fingerprint density at radius 2 is 1.91 bits per heavy atom. The van der Waals surface area contributed by atoms with Gasteiger partial charge in [0, 0.05) is 6.54 Å². The molecule has 0 aliphatic heterocycles. The second-order valence-electron chi connectivity index (χ2n) is 6.48. The summed E-state index contributed by atoms with van der Waals surface area (Å²) in [5.41, 5.74) is 1.46. The molecule has 0 amide bonds. The summed E-state index contributed by atoms with van der Waals surface area (Å²) in [6, 6.07) is 10.00. The monoisotopic (exact) mass is 308 g/mol. The quantitative estimate of drug-likeness (QED) is 0.747. The van der Waals surface area contributed by atoms with Gasteiger partial charge in [0.15, 0.2) is 5.65 Å². The molecule has 0 saturated heterocycles. The van der Waals surface area contributed by atoms with Crippen molar-refractivity contribution >= 4 is 17.1 Å². The highest BCUT2D eigenvalue weighted by atomic mass is 16.1. The summed E-state index contributed by atoms with van der Waals surface area (Å²) in [4.78, 5) is 17.0. The molecule has 3 aromatic rings. The van der Waals surface area contributed by atoms with Gasteiger partial charge in [-0.15, -0.1) is 0 Å². The lowest BCUT2D eigenvalue weighted by Crippen LogP contribution is -2.25. The van der Waals surface area contributed by atoms with E-state index in [1.807, 2.05) is 63.3 Å². The molecule has 0 bridgehead atoms. The zero-order valence-electron chi connectivity index (χ0n) is 13.6. The predicted molar refractivity (Wildman–Crippen MR) is 92.3 cm³/mol. The van der Waals surface area contributed by atoms with Crippen LogP contribution in [0.25, 0.3) is 17.1 Å². The van der Waals surface area contributed by atoms with Crippen molar-refractivity contribution in [1.82, 2.24) is 19.3 Å². The van der Waals surface area contributed by atoms with E-state index in [2.05, 4.69) is 10.1 Å². The van der Waals surface area contributed by atoms with E-state index in [1.54, 1.807) is 21.8 Å².